The Kier molecular flexibility index (Phi) is 6.13. The molecule has 31 heavy (non-hydrogen) atoms. The maximum absolute atomic E-state index is 14.6. The summed E-state index contributed by atoms with van der Waals surface area (Å²) in [7, 11) is -3.76. The number of nitrogens with zero attached hydrogens (tertiary/aromatic N) is 3. The Hall–Kier alpha value is -3.26. The topological polar surface area (TPSA) is 107 Å². The molecule has 0 saturated carbocycles. The van der Waals surface area contributed by atoms with E-state index in [1.54, 1.807) is 0 Å². The number of alkyl halides is 2. The lowest BCUT2D eigenvalue weighted by Gasteiger charge is -2.29. The van der Waals surface area contributed by atoms with Crippen molar-refractivity contribution in [2.24, 2.45) is 10.7 Å². The van der Waals surface area contributed by atoms with E-state index in [0.717, 1.165) is 12.1 Å². The maximum atomic E-state index is 14.6. The summed E-state index contributed by atoms with van der Waals surface area (Å²) in [5, 5.41) is 0. The van der Waals surface area contributed by atoms with Crippen LogP contribution in [0.5, 0.6) is 0 Å². The fourth-order valence-corrected chi connectivity index (χ4v) is 4.61. The molecular formula is C20H17F3N4O3S. The van der Waals surface area contributed by atoms with Gasteiger partial charge in [0.1, 0.15) is 23.1 Å². The van der Waals surface area contributed by atoms with E-state index in [9.17, 15) is 26.4 Å². The van der Waals surface area contributed by atoms with Crippen molar-refractivity contribution < 1.29 is 26.4 Å². The first-order valence-corrected chi connectivity index (χ1v) is 10.9. The van der Waals surface area contributed by atoms with Crippen LogP contribution in [-0.4, -0.2) is 43.0 Å². The van der Waals surface area contributed by atoms with E-state index in [0.29, 0.717) is 0 Å². The largest absolute Gasteiger partial charge is 0.387 e. The molecule has 11 heteroatoms. The summed E-state index contributed by atoms with van der Waals surface area (Å²) in [6, 6.07) is 6.06. The predicted octanol–water partition coefficient (Wildman–Crippen LogP) is 2.83. The van der Waals surface area contributed by atoms with Gasteiger partial charge in [-0.15, -0.1) is 0 Å². The van der Waals surface area contributed by atoms with E-state index < -0.39 is 62.7 Å². The van der Waals surface area contributed by atoms with Crippen molar-refractivity contribution in [3.8, 4) is 0 Å². The number of amidine groups is 1. The Labute approximate surface area is 176 Å². The van der Waals surface area contributed by atoms with E-state index in [4.69, 9.17) is 12.3 Å². The Morgan fingerprint density at radius 3 is 2.65 bits per heavy atom. The highest BCUT2D eigenvalue weighted by Crippen LogP contribution is 2.40. The molecular weight excluding hydrogens is 433 g/mol. The molecule has 1 aliphatic rings. The highest BCUT2D eigenvalue weighted by atomic mass is 32.2. The van der Waals surface area contributed by atoms with Crippen LogP contribution in [-0.2, 0) is 21.8 Å². The molecule has 2 N–H and O–H groups in total. The van der Waals surface area contributed by atoms with E-state index >= 15 is 0 Å². The third-order valence-corrected chi connectivity index (χ3v) is 6.45. The predicted molar refractivity (Wildman–Crippen MR) is 108 cm³/mol. The summed E-state index contributed by atoms with van der Waals surface area (Å²) in [5.41, 5.74) is 3.09. The summed E-state index contributed by atoms with van der Waals surface area (Å²) in [6.45, 7) is 6.90. The molecule has 0 radical (unpaired) electrons. The van der Waals surface area contributed by atoms with Gasteiger partial charge in [-0.1, -0.05) is 12.1 Å². The van der Waals surface area contributed by atoms with Crippen LogP contribution in [0.1, 0.15) is 28.0 Å². The van der Waals surface area contributed by atoms with Gasteiger partial charge in [0.25, 0.3) is 6.43 Å². The number of ketones is 1. The van der Waals surface area contributed by atoms with Crippen LogP contribution in [0.4, 0.5) is 18.9 Å². The van der Waals surface area contributed by atoms with E-state index in [-0.39, 0.29) is 23.4 Å². The molecule has 7 nitrogen and oxygen atoms in total. The van der Waals surface area contributed by atoms with Gasteiger partial charge in [-0.2, -0.15) is 0 Å². The molecule has 1 atom stereocenters. The van der Waals surface area contributed by atoms with Gasteiger partial charge >= 0.3 is 0 Å². The Morgan fingerprint density at radius 2 is 2.03 bits per heavy atom. The SMILES string of the molecule is [C-]#[N+]c1ccc(C(=O)Cc2ccc(F)c(C3(C(F)F)CCS(=O)(=O)CC(N)=N3)c2)nc1. The van der Waals surface area contributed by atoms with E-state index in [1.807, 2.05) is 0 Å². The van der Waals surface area contributed by atoms with Crippen LogP contribution in [0.2, 0.25) is 0 Å². The van der Waals surface area contributed by atoms with Crippen molar-refractivity contribution in [2.45, 2.75) is 24.8 Å². The monoisotopic (exact) mass is 450 g/mol. The number of halogens is 3. The van der Waals surface area contributed by atoms with E-state index in [1.165, 1.54) is 24.4 Å². The summed E-state index contributed by atoms with van der Waals surface area (Å²) in [6.07, 6.45) is -2.93. The van der Waals surface area contributed by atoms with Crippen LogP contribution >= 0.6 is 0 Å². The molecule has 0 fully saturated rings. The van der Waals surface area contributed by atoms with Crippen molar-refractivity contribution in [2.75, 3.05) is 11.5 Å². The van der Waals surface area contributed by atoms with Gasteiger partial charge in [-0.3, -0.25) is 14.8 Å². The molecule has 1 aliphatic heterocycles. The number of Topliss-reactive ketones (excluding diaryl/α,β-unsaturated/α-hetero) is 1. The first kappa shape index (κ1) is 22.4. The Bertz CT molecular complexity index is 1190. The normalized spacial score (nSPS) is 20.5. The van der Waals surface area contributed by atoms with Crippen LogP contribution in [0.3, 0.4) is 0 Å². The number of carbonyl (C=O) groups is 1. The smallest absolute Gasteiger partial charge is 0.267 e. The van der Waals surface area contributed by atoms with Crippen molar-refractivity contribution in [3.63, 3.8) is 0 Å². The minimum atomic E-state index is -3.76. The molecule has 3 rings (SSSR count). The third kappa shape index (κ3) is 4.74. The van der Waals surface area contributed by atoms with Gasteiger partial charge in [0.05, 0.1) is 12.3 Å². The molecule has 0 saturated heterocycles. The van der Waals surface area contributed by atoms with Crippen LogP contribution in [0, 0.1) is 12.4 Å². The number of hydrogen-bond acceptors (Lipinski definition) is 6. The molecule has 1 unspecified atom stereocenters. The Balaban J connectivity index is 1.99. The fraction of sp³-hybridized carbons (Fsp3) is 0.300. The molecule has 162 valence electrons. The Morgan fingerprint density at radius 1 is 1.29 bits per heavy atom. The quantitative estimate of drug-likeness (QED) is 0.557. The molecule has 1 aromatic heterocycles. The number of nitrogens with two attached hydrogens (primary N) is 1. The molecule has 0 bridgehead atoms. The second kappa shape index (κ2) is 8.47. The number of aromatic nitrogens is 1. The van der Waals surface area contributed by atoms with Crippen molar-refractivity contribution in [1.29, 1.82) is 0 Å². The van der Waals surface area contributed by atoms with Gasteiger partial charge < -0.3 is 5.73 Å². The number of hydrogen-bond donors (Lipinski definition) is 1. The first-order chi connectivity index (χ1) is 14.6. The number of benzene rings is 1. The number of pyridine rings is 1. The highest BCUT2D eigenvalue weighted by Gasteiger charge is 2.46. The van der Waals surface area contributed by atoms with Crippen LogP contribution in [0.25, 0.3) is 4.85 Å². The second-order valence-corrected chi connectivity index (χ2v) is 9.28. The lowest BCUT2D eigenvalue weighted by molar-refractivity contribution is 0.0495. The average molecular weight is 450 g/mol. The highest BCUT2D eigenvalue weighted by molar-refractivity contribution is 7.92. The molecule has 1 aromatic carbocycles. The first-order valence-electron chi connectivity index (χ1n) is 9.05. The zero-order valence-electron chi connectivity index (χ0n) is 16.1. The third-order valence-electron chi connectivity index (χ3n) is 4.89. The molecule has 0 spiro atoms. The van der Waals surface area contributed by atoms with Gasteiger partial charge in [-0.25, -0.2) is 26.4 Å². The van der Waals surface area contributed by atoms with Crippen molar-refractivity contribution in [1.82, 2.24) is 4.98 Å². The van der Waals surface area contributed by atoms with Gasteiger partial charge in [0.15, 0.2) is 21.2 Å². The maximum Gasteiger partial charge on any atom is 0.267 e. The van der Waals surface area contributed by atoms with Crippen LogP contribution in [0.15, 0.2) is 41.5 Å². The van der Waals surface area contributed by atoms with Crippen LogP contribution < -0.4 is 5.73 Å². The number of aliphatic imine (C=N–C) groups is 1. The van der Waals surface area contributed by atoms with Gasteiger partial charge in [0, 0.05) is 18.2 Å². The number of carbonyl (C=O) groups excluding carboxylic acids is 1. The minimum Gasteiger partial charge on any atom is -0.387 e. The molecule has 0 aliphatic carbocycles. The van der Waals surface area contributed by atoms with Crippen molar-refractivity contribution >= 4 is 27.1 Å². The summed E-state index contributed by atoms with van der Waals surface area (Å²) in [4.78, 5) is 23.3. The summed E-state index contributed by atoms with van der Waals surface area (Å²) >= 11 is 0. The summed E-state index contributed by atoms with van der Waals surface area (Å²) in [5.74, 6) is -3.32. The number of sulfone groups is 1. The van der Waals surface area contributed by atoms with Crippen molar-refractivity contribution in [3.05, 3.63) is 70.6 Å². The average Bonchev–Trinajstić information content (AvgIpc) is 2.84. The zero-order chi connectivity index (χ0) is 22.8. The minimum absolute atomic E-state index is 0.0599. The molecule has 2 aromatic rings. The standard InChI is InChI=1S/C20H17F3N4O3S/c1-25-13-3-5-16(26-10-13)17(28)9-12-2-4-15(21)14(8-12)20(19(22)23)6-7-31(29,30)11-18(24)27-20/h2-5,8,10,19H,6-7,9,11H2,(H2,24,27). The fourth-order valence-electron chi connectivity index (χ4n) is 3.33. The second-order valence-electron chi connectivity index (χ2n) is 7.10. The lowest BCUT2D eigenvalue weighted by Crippen LogP contribution is -2.36. The summed E-state index contributed by atoms with van der Waals surface area (Å²) < 4.78 is 66.8. The molecule has 0 amide bonds. The zero-order valence-corrected chi connectivity index (χ0v) is 16.9. The van der Waals surface area contributed by atoms with Gasteiger partial charge in [0.2, 0.25) is 5.69 Å². The molecule has 2 heterocycles. The van der Waals surface area contributed by atoms with E-state index in [2.05, 4.69) is 14.8 Å². The van der Waals surface area contributed by atoms with Gasteiger partial charge in [-0.05, 0) is 30.2 Å². The number of rotatable bonds is 5. The lowest BCUT2D eigenvalue weighted by atomic mass is 9.86.